The predicted molar refractivity (Wildman–Crippen MR) is 76.4 cm³/mol. The highest BCUT2D eigenvalue weighted by molar-refractivity contribution is 5.82. The van der Waals surface area contributed by atoms with E-state index in [1.807, 2.05) is 0 Å². The molecule has 3 N–H and O–H groups in total. The van der Waals surface area contributed by atoms with Crippen molar-refractivity contribution in [3.8, 4) is 0 Å². The Morgan fingerprint density at radius 1 is 1.50 bits per heavy atom. The van der Waals surface area contributed by atoms with E-state index in [1.54, 1.807) is 6.20 Å². The van der Waals surface area contributed by atoms with Crippen LogP contribution in [0.2, 0.25) is 0 Å². The Hall–Kier alpha value is -1.98. The average Bonchev–Trinajstić information content (AvgIpc) is 2.45. The summed E-state index contributed by atoms with van der Waals surface area (Å²) in [7, 11) is 0. The molecule has 1 fully saturated rings. The molecule has 0 amide bonds. The van der Waals surface area contributed by atoms with Crippen LogP contribution in [0, 0.1) is 11.3 Å². The molecule has 108 valence electrons. The van der Waals surface area contributed by atoms with E-state index in [2.05, 4.69) is 22.2 Å². The maximum absolute atomic E-state index is 10.6. The van der Waals surface area contributed by atoms with Crippen LogP contribution in [0.4, 0.5) is 5.82 Å². The van der Waals surface area contributed by atoms with E-state index in [0.717, 1.165) is 30.7 Å². The van der Waals surface area contributed by atoms with E-state index in [1.165, 1.54) is 12.8 Å². The molecular weight excluding hydrogens is 256 g/mol. The molecule has 0 atom stereocenters. The molecule has 0 bridgehead atoms. The largest absolute Gasteiger partial charge is 0.480 e. The molecule has 1 aliphatic rings. The van der Waals surface area contributed by atoms with Gasteiger partial charge in [0.15, 0.2) is 5.82 Å². The van der Waals surface area contributed by atoms with Gasteiger partial charge in [-0.2, -0.15) is 0 Å². The zero-order chi connectivity index (χ0) is 14.5. The van der Waals surface area contributed by atoms with E-state index in [0.29, 0.717) is 17.4 Å². The average molecular weight is 276 g/mol. The molecule has 6 heteroatoms. The Morgan fingerprint density at radius 2 is 2.20 bits per heavy atom. The molecular formula is C14H20N4O2. The Bertz CT molecular complexity index is 496. The number of carboxylic acids is 1. The van der Waals surface area contributed by atoms with Crippen LogP contribution in [-0.2, 0) is 4.79 Å². The van der Waals surface area contributed by atoms with Gasteiger partial charge in [0.25, 0.3) is 0 Å². The van der Waals surface area contributed by atoms with E-state index in [9.17, 15) is 4.79 Å². The number of rotatable bonds is 5. The lowest BCUT2D eigenvalue weighted by Crippen LogP contribution is -2.17. The topological polar surface area (TPSA) is 99.0 Å². The minimum absolute atomic E-state index is 0.222. The summed E-state index contributed by atoms with van der Waals surface area (Å²) in [5.74, 6) is 0.590. The van der Waals surface area contributed by atoms with Gasteiger partial charge < -0.3 is 15.8 Å². The third-order valence-corrected chi connectivity index (χ3v) is 3.80. The molecule has 20 heavy (non-hydrogen) atoms. The van der Waals surface area contributed by atoms with Gasteiger partial charge >= 0.3 is 5.97 Å². The van der Waals surface area contributed by atoms with Crippen molar-refractivity contribution >= 4 is 18.0 Å². The first kappa shape index (κ1) is 14.4. The minimum Gasteiger partial charge on any atom is -0.480 e. The van der Waals surface area contributed by atoms with Gasteiger partial charge in [-0.3, -0.25) is 4.79 Å². The van der Waals surface area contributed by atoms with Crippen molar-refractivity contribution < 1.29 is 9.90 Å². The Labute approximate surface area is 118 Å². The van der Waals surface area contributed by atoms with Crippen molar-refractivity contribution in [1.82, 2.24) is 9.97 Å². The molecule has 1 aromatic rings. The fourth-order valence-electron chi connectivity index (χ4n) is 2.56. The number of hydrogen-bond donors (Lipinski definition) is 3. The van der Waals surface area contributed by atoms with Gasteiger partial charge in [-0.05, 0) is 18.8 Å². The molecule has 6 nitrogen and oxygen atoms in total. The van der Waals surface area contributed by atoms with Crippen molar-refractivity contribution in [2.45, 2.75) is 38.5 Å². The third-order valence-electron chi connectivity index (χ3n) is 3.80. The number of aromatic nitrogens is 2. The first-order valence-corrected chi connectivity index (χ1v) is 6.93. The van der Waals surface area contributed by atoms with Crippen molar-refractivity contribution in [3.63, 3.8) is 0 Å². The van der Waals surface area contributed by atoms with Crippen LogP contribution in [-0.4, -0.2) is 33.8 Å². The molecule has 0 radical (unpaired) electrons. The van der Waals surface area contributed by atoms with E-state index >= 15 is 0 Å². The Morgan fingerprint density at radius 3 is 2.80 bits per heavy atom. The summed E-state index contributed by atoms with van der Waals surface area (Å²) in [5, 5.41) is 18.7. The molecule has 1 heterocycles. The SMILES string of the molecule is CC1CCC(c2cnc(C=N)c(NCC(=O)O)n2)CC1. The highest BCUT2D eigenvalue weighted by Crippen LogP contribution is 2.34. The lowest BCUT2D eigenvalue weighted by atomic mass is 9.81. The molecule has 2 rings (SSSR count). The molecule has 0 spiro atoms. The molecule has 1 aliphatic carbocycles. The number of nitrogens with one attached hydrogen (secondary N) is 2. The smallest absolute Gasteiger partial charge is 0.322 e. The Kier molecular flexibility index (Phi) is 4.65. The number of carboxylic acid groups (broad SMARTS) is 1. The summed E-state index contributed by atoms with van der Waals surface area (Å²) in [6.45, 7) is 2.04. The van der Waals surface area contributed by atoms with Crippen LogP contribution in [0.25, 0.3) is 0 Å². The van der Waals surface area contributed by atoms with Gasteiger partial charge in [-0.25, -0.2) is 9.97 Å². The number of nitrogens with zero attached hydrogens (tertiary/aromatic N) is 2. The number of carbonyl (C=O) groups is 1. The number of aliphatic carboxylic acids is 1. The van der Waals surface area contributed by atoms with Gasteiger partial charge in [0.1, 0.15) is 12.2 Å². The summed E-state index contributed by atoms with van der Waals surface area (Å²) >= 11 is 0. The van der Waals surface area contributed by atoms with Crippen LogP contribution >= 0.6 is 0 Å². The summed E-state index contributed by atoms with van der Waals surface area (Å²) < 4.78 is 0. The predicted octanol–water partition coefficient (Wildman–Crippen LogP) is 2.26. The lowest BCUT2D eigenvalue weighted by molar-refractivity contribution is -0.134. The third kappa shape index (κ3) is 3.53. The van der Waals surface area contributed by atoms with Gasteiger partial charge in [-0.1, -0.05) is 19.8 Å². The van der Waals surface area contributed by atoms with E-state index in [-0.39, 0.29) is 6.54 Å². The van der Waals surface area contributed by atoms with Gasteiger partial charge in [-0.15, -0.1) is 0 Å². The van der Waals surface area contributed by atoms with Crippen molar-refractivity contribution in [3.05, 3.63) is 17.6 Å². The number of hydrogen-bond acceptors (Lipinski definition) is 5. The monoisotopic (exact) mass is 276 g/mol. The molecule has 0 aliphatic heterocycles. The van der Waals surface area contributed by atoms with Crippen LogP contribution in [0.5, 0.6) is 0 Å². The van der Waals surface area contributed by atoms with Crippen LogP contribution in [0.1, 0.15) is 49.9 Å². The number of anilines is 1. The fraction of sp³-hybridized carbons (Fsp3) is 0.571. The molecule has 1 saturated carbocycles. The first-order chi connectivity index (χ1) is 9.60. The fourth-order valence-corrected chi connectivity index (χ4v) is 2.56. The Balaban J connectivity index is 2.15. The normalized spacial score (nSPS) is 22.2. The molecule has 0 aromatic carbocycles. The quantitative estimate of drug-likeness (QED) is 0.716. The zero-order valence-electron chi connectivity index (χ0n) is 11.6. The second-order valence-corrected chi connectivity index (χ2v) is 5.38. The summed E-state index contributed by atoms with van der Waals surface area (Å²) in [5.41, 5.74) is 1.27. The maximum Gasteiger partial charge on any atom is 0.322 e. The van der Waals surface area contributed by atoms with Crippen LogP contribution < -0.4 is 5.32 Å². The second kappa shape index (κ2) is 6.45. The van der Waals surface area contributed by atoms with E-state index < -0.39 is 5.97 Å². The molecule has 1 aromatic heterocycles. The van der Waals surface area contributed by atoms with Gasteiger partial charge in [0.05, 0.1) is 5.69 Å². The zero-order valence-corrected chi connectivity index (χ0v) is 11.6. The van der Waals surface area contributed by atoms with Gasteiger partial charge in [0.2, 0.25) is 0 Å². The maximum atomic E-state index is 10.6. The molecule has 0 unspecified atom stereocenters. The van der Waals surface area contributed by atoms with E-state index in [4.69, 9.17) is 10.5 Å². The van der Waals surface area contributed by atoms with Gasteiger partial charge in [0, 0.05) is 18.3 Å². The lowest BCUT2D eigenvalue weighted by Gasteiger charge is -2.25. The van der Waals surface area contributed by atoms with Crippen molar-refractivity contribution in [2.24, 2.45) is 5.92 Å². The second-order valence-electron chi connectivity index (χ2n) is 5.38. The summed E-state index contributed by atoms with van der Waals surface area (Å²) in [6, 6.07) is 0. The first-order valence-electron chi connectivity index (χ1n) is 6.93. The van der Waals surface area contributed by atoms with Crippen LogP contribution in [0.3, 0.4) is 0 Å². The highest BCUT2D eigenvalue weighted by atomic mass is 16.4. The van der Waals surface area contributed by atoms with Crippen LogP contribution in [0.15, 0.2) is 6.20 Å². The van der Waals surface area contributed by atoms with Crippen molar-refractivity contribution in [1.29, 1.82) is 5.41 Å². The standard InChI is InChI=1S/C14H20N4O2/c1-9-2-4-10(5-3-9)12-7-16-11(6-15)14(18-12)17-8-13(19)20/h6-7,9-10,15H,2-5,8H2,1H3,(H,17,18)(H,19,20). The highest BCUT2D eigenvalue weighted by Gasteiger charge is 2.22. The summed E-state index contributed by atoms with van der Waals surface area (Å²) in [4.78, 5) is 19.3. The molecule has 0 saturated heterocycles. The van der Waals surface area contributed by atoms with Crippen molar-refractivity contribution in [2.75, 3.05) is 11.9 Å². The minimum atomic E-state index is -0.959. The summed E-state index contributed by atoms with van der Waals surface area (Å²) in [6.07, 6.45) is 7.38.